The molecule has 0 radical (unpaired) electrons. The number of aliphatic carboxylic acids is 1. The van der Waals surface area contributed by atoms with Crippen LogP contribution in [0.3, 0.4) is 0 Å². The largest absolute Gasteiger partial charge is 0.480 e. The number of nitrogens with two attached hydrogens (primary N) is 1. The Labute approximate surface area is 376 Å². The summed E-state index contributed by atoms with van der Waals surface area (Å²) in [6, 6.07) is 26.4. The van der Waals surface area contributed by atoms with Gasteiger partial charge in [-0.05, 0) is 77.6 Å². The van der Waals surface area contributed by atoms with Crippen molar-refractivity contribution in [2.45, 2.75) is 86.8 Å². The van der Waals surface area contributed by atoms with Gasteiger partial charge in [0, 0.05) is 30.2 Å². The Balaban J connectivity index is 1.36. The smallest absolute Gasteiger partial charge is 0.326 e. The molecule has 0 aromatic heterocycles. The van der Waals surface area contributed by atoms with Crippen LogP contribution in [0.5, 0.6) is 0 Å². The number of thioether (sulfide) groups is 1. The zero-order valence-electron chi connectivity index (χ0n) is 35.4. The van der Waals surface area contributed by atoms with Crippen molar-refractivity contribution in [1.82, 2.24) is 26.7 Å². The molecule has 0 spiro atoms. The molecule has 64 heavy (non-hydrogen) atoms. The lowest BCUT2D eigenvalue weighted by Gasteiger charge is -2.28. The van der Waals surface area contributed by atoms with Crippen LogP contribution >= 0.6 is 11.8 Å². The van der Waals surface area contributed by atoms with Gasteiger partial charge in [-0.15, -0.1) is 11.8 Å². The highest BCUT2D eigenvalue weighted by molar-refractivity contribution is 8.03. The normalized spacial score (nSPS) is 22.4. The van der Waals surface area contributed by atoms with Crippen molar-refractivity contribution in [2.75, 3.05) is 18.5 Å². The number of hydrogen-bond acceptors (Lipinski definition) is 10. The van der Waals surface area contributed by atoms with Gasteiger partial charge in [0.1, 0.15) is 30.2 Å². The van der Waals surface area contributed by atoms with E-state index < -0.39 is 65.7 Å². The van der Waals surface area contributed by atoms with Gasteiger partial charge in [-0.25, -0.2) is 4.79 Å². The average molecular weight is 890 g/mol. The highest BCUT2D eigenvalue weighted by Gasteiger charge is 2.34. The summed E-state index contributed by atoms with van der Waals surface area (Å²) in [5, 5.41) is 26.1. The molecule has 3 aliphatic heterocycles. The van der Waals surface area contributed by atoms with Gasteiger partial charge in [-0.1, -0.05) is 103 Å². The second kappa shape index (κ2) is 23.9. The maximum Gasteiger partial charge on any atom is 0.326 e. The third-order valence-corrected chi connectivity index (χ3v) is 12.0. The molecular weight excluding hydrogens is 835 g/mol. The first-order valence-electron chi connectivity index (χ1n) is 21.4. The highest BCUT2D eigenvalue weighted by Crippen LogP contribution is 2.28. The molecule has 4 aromatic carbocycles. The third-order valence-electron chi connectivity index (χ3n) is 10.9. The maximum absolute atomic E-state index is 14.6. The molecular formula is C48H55N7O8S. The summed E-state index contributed by atoms with van der Waals surface area (Å²) in [5.41, 5.74) is 12.6. The van der Waals surface area contributed by atoms with Crippen molar-refractivity contribution in [2.24, 2.45) is 5.73 Å². The number of carbonyl (C=O) groups is 6. The minimum absolute atomic E-state index is 0.00127. The molecule has 7 rings (SSSR count). The number of fused-ring (bicyclic) bond motifs is 18. The van der Waals surface area contributed by atoms with Crippen LogP contribution in [-0.4, -0.2) is 89.2 Å². The second-order valence-corrected chi connectivity index (χ2v) is 17.0. The van der Waals surface area contributed by atoms with Crippen LogP contribution in [-0.2, 0) is 52.9 Å². The Morgan fingerprint density at radius 1 is 0.688 bits per heavy atom. The van der Waals surface area contributed by atoms with E-state index in [4.69, 9.17) is 10.6 Å². The molecule has 0 fully saturated rings. The molecule has 0 aliphatic carbocycles. The zero-order chi connectivity index (χ0) is 45.3. The molecule has 5 amide bonds. The number of hydroxylamine groups is 1. The van der Waals surface area contributed by atoms with Crippen molar-refractivity contribution in [3.63, 3.8) is 0 Å². The number of rotatable bonds is 14. The molecule has 0 saturated carbocycles. The van der Waals surface area contributed by atoms with Gasteiger partial charge in [0.15, 0.2) is 0 Å². The monoisotopic (exact) mass is 889 g/mol. The lowest BCUT2D eigenvalue weighted by molar-refractivity contribution is -0.142. The third kappa shape index (κ3) is 14.4. The van der Waals surface area contributed by atoms with Gasteiger partial charge in [-0.3, -0.25) is 24.0 Å². The first-order valence-corrected chi connectivity index (χ1v) is 22.4. The summed E-state index contributed by atoms with van der Waals surface area (Å²) in [6.07, 6.45) is 3.61. The SMILES string of the molecule is NCCCCON[C@@H]1CC(=O)Nc2ccc(cc2)C[C@@H](C(=O)O)NC(=O)[C@@H](Cc2ccccc2)NC(=O)[C@H](Cc2ccc(-c3ccccc3)cc2)NC(=O)[C@@H](CC2CC=CS2)NC1=O. The Bertz CT molecular complexity index is 2220. The first-order chi connectivity index (χ1) is 31.0. The van der Waals surface area contributed by atoms with E-state index in [2.05, 4.69) is 32.1 Å². The average Bonchev–Trinajstić information content (AvgIpc) is 3.82. The molecule has 9 N–H and O–H groups in total. The van der Waals surface area contributed by atoms with E-state index in [9.17, 15) is 33.9 Å². The van der Waals surface area contributed by atoms with Crippen molar-refractivity contribution >= 4 is 53.0 Å². The predicted molar refractivity (Wildman–Crippen MR) is 245 cm³/mol. The van der Waals surface area contributed by atoms with Gasteiger partial charge >= 0.3 is 5.97 Å². The number of nitrogens with one attached hydrogen (secondary N) is 6. The Hall–Kier alpha value is -6.33. The van der Waals surface area contributed by atoms with Gasteiger partial charge in [0.2, 0.25) is 29.5 Å². The van der Waals surface area contributed by atoms with E-state index in [1.165, 1.54) is 11.8 Å². The Morgan fingerprint density at radius 2 is 1.28 bits per heavy atom. The molecule has 0 saturated heterocycles. The van der Waals surface area contributed by atoms with E-state index in [1.54, 1.807) is 48.5 Å². The molecule has 3 heterocycles. The van der Waals surface area contributed by atoms with Gasteiger partial charge in [0.05, 0.1) is 13.0 Å². The topological polar surface area (TPSA) is 230 Å². The fourth-order valence-electron chi connectivity index (χ4n) is 7.36. The lowest BCUT2D eigenvalue weighted by Crippen LogP contribution is -2.60. The minimum atomic E-state index is -1.38. The van der Waals surface area contributed by atoms with Gasteiger partial charge in [-0.2, -0.15) is 5.48 Å². The summed E-state index contributed by atoms with van der Waals surface area (Å²) in [5.74, 6) is -4.60. The molecule has 15 nitrogen and oxygen atoms in total. The van der Waals surface area contributed by atoms with Crippen LogP contribution < -0.4 is 37.8 Å². The quantitative estimate of drug-likeness (QED) is 0.0516. The molecule has 3 aliphatic rings. The number of hydrogen-bond donors (Lipinski definition) is 8. The summed E-state index contributed by atoms with van der Waals surface area (Å²) in [4.78, 5) is 89.1. The van der Waals surface area contributed by atoms with Crippen molar-refractivity contribution < 1.29 is 38.7 Å². The molecule has 16 heteroatoms. The van der Waals surface area contributed by atoms with Crippen LogP contribution in [0.2, 0.25) is 0 Å². The molecule has 336 valence electrons. The Morgan fingerprint density at radius 3 is 1.91 bits per heavy atom. The number of allylic oxidation sites excluding steroid dienone is 1. The van der Waals surface area contributed by atoms with Crippen molar-refractivity contribution in [3.8, 4) is 11.1 Å². The number of carboxylic acid groups (broad SMARTS) is 1. The fraction of sp³-hybridized carbons (Fsp3) is 0.333. The van der Waals surface area contributed by atoms with E-state index >= 15 is 0 Å². The summed E-state index contributed by atoms with van der Waals surface area (Å²) < 4.78 is 0. The van der Waals surface area contributed by atoms with E-state index in [1.807, 2.05) is 72.1 Å². The molecule has 6 atom stereocenters. The lowest BCUT2D eigenvalue weighted by atomic mass is 9.98. The number of carbonyl (C=O) groups excluding carboxylic acids is 5. The first kappa shape index (κ1) is 47.2. The molecule has 1 unspecified atom stereocenters. The van der Waals surface area contributed by atoms with Crippen LogP contribution in [0.25, 0.3) is 11.1 Å². The summed E-state index contributed by atoms with van der Waals surface area (Å²) >= 11 is 1.52. The standard InChI is InChI=1S/C48H55N7O8S/c49-23-7-8-24-63-55-41-30-43(56)50-36-21-17-33(18-22-36)28-42(48(61)62)54-45(58)38(26-31-10-3-1-4-11-31)51-44(57)39(27-32-15-19-35(20-16-32)34-12-5-2-6-13-34)52-46(59)40(53-47(41)60)29-37-14-9-25-64-37/h1-6,9-13,15-22,25,37-42,55H,7-8,14,23-24,26-30,49H2,(H,50,56)(H,51,57)(H,52,59)(H,53,60)(H,54,58)(H,61,62)/t37?,38-,39+,40-,41-,42+/m1/s1. The number of anilines is 1. The van der Waals surface area contributed by atoms with Gasteiger partial charge in [0.25, 0.3) is 0 Å². The predicted octanol–water partition coefficient (Wildman–Crippen LogP) is 3.79. The second-order valence-electron chi connectivity index (χ2n) is 15.8. The number of carboxylic acids is 1. The van der Waals surface area contributed by atoms with Gasteiger partial charge < -0.3 is 42.3 Å². The van der Waals surface area contributed by atoms with Crippen LogP contribution in [0, 0.1) is 0 Å². The number of unbranched alkanes of at least 4 members (excludes halogenated alkanes) is 1. The van der Waals surface area contributed by atoms with E-state index in [-0.39, 0.29) is 44.0 Å². The molecule has 4 aromatic rings. The van der Waals surface area contributed by atoms with Crippen molar-refractivity contribution in [1.29, 1.82) is 0 Å². The zero-order valence-corrected chi connectivity index (χ0v) is 36.2. The van der Waals surface area contributed by atoms with E-state index in [0.29, 0.717) is 48.2 Å². The number of amides is 5. The van der Waals surface area contributed by atoms with Crippen molar-refractivity contribution in [3.05, 3.63) is 137 Å². The number of benzene rings is 4. The highest BCUT2D eigenvalue weighted by atomic mass is 32.2. The molecule has 2 bridgehead atoms. The van der Waals surface area contributed by atoms with Crippen LogP contribution in [0.4, 0.5) is 5.69 Å². The minimum Gasteiger partial charge on any atom is -0.480 e. The van der Waals surface area contributed by atoms with Crippen LogP contribution in [0.15, 0.2) is 121 Å². The summed E-state index contributed by atoms with van der Waals surface area (Å²) in [6.45, 7) is 0.663. The maximum atomic E-state index is 14.6. The van der Waals surface area contributed by atoms with E-state index in [0.717, 1.165) is 11.1 Å². The Kier molecular flexibility index (Phi) is 17.6. The van der Waals surface area contributed by atoms with Crippen LogP contribution in [0.1, 0.15) is 48.8 Å². The fourth-order valence-corrected chi connectivity index (χ4v) is 8.33. The summed E-state index contributed by atoms with van der Waals surface area (Å²) in [7, 11) is 0.